The van der Waals surface area contributed by atoms with Gasteiger partial charge in [0.1, 0.15) is 22.1 Å². The minimum Gasteiger partial charge on any atom is -0.431 e. The summed E-state index contributed by atoms with van der Waals surface area (Å²) >= 11 is 1.30. The Morgan fingerprint density at radius 3 is 2.74 bits per heavy atom. The van der Waals surface area contributed by atoms with Crippen LogP contribution >= 0.6 is 11.8 Å². The first-order valence-corrected chi connectivity index (χ1v) is 6.39. The van der Waals surface area contributed by atoms with Gasteiger partial charge in [-0.05, 0) is 36.0 Å². The Labute approximate surface area is 113 Å². The second kappa shape index (κ2) is 4.74. The second-order valence-corrected chi connectivity index (χ2v) is 4.80. The number of nitrogen functional groups attached to an aromatic ring is 1. The van der Waals surface area contributed by atoms with Gasteiger partial charge < -0.3 is 10.2 Å². The molecule has 0 saturated heterocycles. The number of nitrogens with zero attached hydrogens (tertiary/aromatic N) is 2. The quantitative estimate of drug-likeness (QED) is 0.564. The molecule has 5 nitrogen and oxygen atoms in total. The Kier molecular flexibility index (Phi) is 2.92. The van der Waals surface area contributed by atoms with Crippen LogP contribution in [0.25, 0.3) is 11.1 Å². The van der Waals surface area contributed by atoms with E-state index in [4.69, 9.17) is 15.6 Å². The van der Waals surface area contributed by atoms with Crippen LogP contribution in [-0.2, 0) is 0 Å². The van der Waals surface area contributed by atoms with Crippen LogP contribution in [0.4, 0.5) is 0 Å². The van der Waals surface area contributed by atoms with Gasteiger partial charge in [-0.3, -0.25) is 5.41 Å². The average molecular weight is 270 g/mol. The van der Waals surface area contributed by atoms with Crippen molar-refractivity contribution in [2.24, 2.45) is 5.73 Å². The highest BCUT2D eigenvalue weighted by Gasteiger charge is 2.08. The molecule has 0 aliphatic carbocycles. The van der Waals surface area contributed by atoms with Crippen LogP contribution in [0.5, 0.6) is 0 Å². The highest BCUT2D eigenvalue weighted by atomic mass is 32.2. The number of hydrogen-bond donors (Lipinski definition) is 2. The third-order valence-electron chi connectivity index (χ3n) is 2.47. The van der Waals surface area contributed by atoms with E-state index in [1.54, 1.807) is 12.1 Å². The molecule has 0 aliphatic rings. The number of nitrogens with two attached hydrogens (primary N) is 1. The summed E-state index contributed by atoms with van der Waals surface area (Å²) in [6, 6.07) is 12.9. The standard InChI is InChI=1S/C13H10N4OS/c14-12(15)9-5-3-7-11(16-9)19-13-17-8-4-1-2-6-10(8)18-13/h1-7H,(H3,14,15). The van der Waals surface area contributed by atoms with E-state index in [9.17, 15) is 0 Å². The molecule has 0 bridgehead atoms. The van der Waals surface area contributed by atoms with Crippen LogP contribution in [0.15, 0.2) is 57.1 Å². The smallest absolute Gasteiger partial charge is 0.263 e. The monoisotopic (exact) mass is 270 g/mol. The molecule has 2 heterocycles. The zero-order chi connectivity index (χ0) is 13.2. The first kappa shape index (κ1) is 11.7. The molecule has 0 amide bonds. The third-order valence-corrected chi connectivity index (χ3v) is 3.25. The minimum atomic E-state index is -0.0555. The van der Waals surface area contributed by atoms with Crippen molar-refractivity contribution in [3.8, 4) is 0 Å². The van der Waals surface area contributed by atoms with Gasteiger partial charge in [0.05, 0.1) is 0 Å². The number of benzene rings is 1. The molecule has 6 heteroatoms. The molecule has 2 aromatic heterocycles. The molecular formula is C13H10N4OS. The lowest BCUT2D eigenvalue weighted by Gasteiger charge is -1.99. The summed E-state index contributed by atoms with van der Waals surface area (Å²) in [6.07, 6.45) is 0. The van der Waals surface area contributed by atoms with Gasteiger partial charge in [-0.2, -0.15) is 0 Å². The van der Waals surface area contributed by atoms with E-state index < -0.39 is 0 Å². The molecule has 0 aliphatic heterocycles. The van der Waals surface area contributed by atoms with Gasteiger partial charge in [-0.1, -0.05) is 18.2 Å². The average Bonchev–Trinajstić information content (AvgIpc) is 2.81. The number of hydrogen-bond acceptors (Lipinski definition) is 5. The molecule has 3 aromatic rings. The summed E-state index contributed by atoms with van der Waals surface area (Å²) in [7, 11) is 0. The fourth-order valence-electron chi connectivity index (χ4n) is 1.61. The Hall–Kier alpha value is -2.34. The Balaban J connectivity index is 1.92. The first-order valence-electron chi connectivity index (χ1n) is 5.57. The summed E-state index contributed by atoms with van der Waals surface area (Å²) in [5, 5.41) is 8.58. The van der Waals surface area contributed by atoms with Crippen molar-refractivity contribution in [2.45, 2.75) is 10.2 Å². The summed E-state index contributed by atoms with van der Waals surface area (Å²) < 4.78 is 5.60. The van der Waals surface area contributed by atoms with E-state index in [2.05, 4.69) is 9.97 Å². The van der Waals surface area contributed by atoms with E-state index in [1.807, 2.05) is 30.3 Å². The van der Waals surface area contributed by atoms with Crippen molar-refractivity contribution in [1.29, 1.82) is 5.41 Å². The maximum absolute atomic E-state index is 7.37. The highest BCUT2D eigenvalue weighted by molar-refractivity contribution is 7.99. The summed E-state index contributed by atoms with van der Waals surface area (Å²) in [6.45, 7) is 0. The van der Waals surface area contributed by atoms with E-state index >= 15 is 0 Å². The number of amidine groups is 1. The largest absolute Gasteiger partial charge is 0.431 e. The lowest BCUT2D eigenvalue weighted by Crippen LogP contribution is -2.12. The maximum Gasteiger partial charge on any atom is 0.263 e. The summed E-state index contributed by atoms with van der Waals surface area (Å²) in [5.74, 6) is -0.0555. The molecule has 0 radical (unpaired) electrons. The van der Waals surface area contributed by atoms with Crippen molar-refractivity contribution in [2.75, 3.05) is 0 Å². The Bertz CT molecular complexity index is 720. The van der Waals surface area contributed by atoms with Gasteiger partial charge in [-0.25, -0.2) is 9.97 Å². The van der Waals surface area contributed by atoms with Gasteiger partial charge in [0.15, 0.2) is 5.58 Å². The molecule has 94 valence electrons. The predicted octanol–water partition coefficient (Wildman–Crippen LogP) is 2.66. The number of aromatic nitrogens is 2. The normalized spacial score (nSPS) is 10.7. The van der Waals surface area contributed by atoms with E-state index in [-0.39, 0.29) is 5.84 Å². The fourth-order valence-corrected chi connectivity index (χ4v) is 2.35. The lowest BCUT2D eigenvalue weighted by molar-refractivity contribution is 0.489. The first-order chi connectivity index (χ1) is 9.22. The van der Waals surface area contributed by atoms with Crippen LogP contribution in [0.2, 0.25) is 0 Å². The van der Waals surface area contributed by atoms with Crippen molar-refractivity contribution >= 4 is 28.7 Å². The summed E-state index contributed by atoms with van der Waals surface area (Å²) in [5.41, 5.74) is 7.41. The molecule has 0 saturated carbocycles. The Morgan fingerprint density at radius 1 is 1.11 bits per heavy atom. The van der Waals surface area contributed by atoms with Gasteiger partial charge in [0, 0.05) is 0 Å². The molecule has 0 atom stereocenters. The van der Waals surface area contributed by atoms with Crippen molar-refractivity contribution in [3.05, 3.63) is 48.2 Å². The van der Waals surface area contributed by atoms with Crippen molar-refractivity contribution < 1.29 is 4.42 Å². The van der Waals surface area contributed by atoms with Crippen LogP contribution in [-0.4, -0.2) is 15.8 Å². The van der Waals surface area contributed by atoms with Crippen molar-refractivity contribution in [3.63, 3.8) is 0 Å². The van der Waals surface area contributed by atoms with Gasteiger partial charge in [-0.15, -0.1) is 0 Å². The summed E-state index contributed by atoms with van der Waals surface area (Å²) in [4.78, 5) is 8.61. The number of rotatable bonds is 3. The van der Waals surface area contributed by atoms with Crippen LogP contribution < -0.4 is 5.73 Å². The number of para-hydroxylation sites is 2. The molecule has 0 spiro atoms. The second-order valence-electron chi connectivity index (χ2n) is 3.82. The van der Waals surface area contributed by atoms with Crippen LogP contribution in [0.3, 0.4) is 0 Å². The number of pyridine rings is 1. The fraction of sp³-hybridized carbons (Fsp3) is 0. The molecule has 0 unspecified atom stereocenters. The highest BCUT2D eigenvalue weighted by Crippen LogP contribution is 2.28. The molecule has 19 heavy (non-hydrogen) atoms. The van der Waals surface area contributed by atoms with Gasteiger partial charge in [0.2, 0.25) is 0 Å². The SMILES string of the molecule is N=C(N)c1cccc(Sc2nc3ccccc3o2)n1. The third kappa shape index (κ3) is 2.43. The molecule has 1 aromatic carbocycles. The van der Waals surface area contributed by atoms with E-state index in [0.717, 1.165) is 11.1 Å². The Morgan fingerprint density at radius 2 is 1.95 bits per heavy atom. The zero-order valence-corrected chi connectivity index (χ0v) is 10.6. The van der Waals surface area contributed by atoms with E-state index in [1.165, 1.54) is 11.8 Å². The maximum atomic E-state index is 7.37. The number of nitrogens with one attached hydrogen (secondary N) is 1. The molecular weight excluding hydrogens is 260 g/mol. The topological polar surface area (TPSA) is 88.8 Å². The van der Waals surface area contributed by atoms with Crippen LogP contribution in [0.1, 0.15) is 5.69 Å². The molecule has 3 N–H and O–H groups in total. The van der Waals surface area contributed by atoms with Gasteiger partial charge in [0.25, 0.3) is 5.22 Å². The lowest BCUT2D eigenvalue weighted by atomic mass is 10.3. The van der Waals surface area contributed by atoms with E-state index in [0.29, 0.717) is 15.9 Å². The minimum absolute atomic E-state index is 0.0555. The number of fused-ring (bicyclic) bond motifs is 1. The van der Waals surface area contributed by atoms with Gasteiger partial charge >= 0.3 is 0 Å². The van der Waals surface area contributed by atoms with Crippen LogP contribution in [0, 0.1) is 5.41 Å². The number of oxazole rings is 1. The van der Waals surface area contributed by atoms with Crippen molar-refractivity contribution in [1.82, 2.24) is 9.97 Å². The predicted molar refractivity (Wildman–Crippen MR) is 73.4 cm³/mol. The molecule has 0 fully saturated rings. The zero-order valence-electron chi connectivity index (χ0n) is 9.83. The molecule has 3 rings (SSSR count).